The molecule has 1 N–H and O–H groups in total. The molecule has 0 amide bonds. The van der Waals surface area contributed by atoms with Crippen LogP contribution in [0.5, 0.6) is 0 Å². The number of hydrogen-bond acceptors (Lipinski definition) is 1. The maximum absolute atomic E-state index is 3.75. The van der Waals surface area contributed by atoms with Crippen molar-refractivity contribution in [1.82, 2.24) is 5.32 Å². The molecule has 0 heterocycles. The smallest absolute Gasteiger partial charge is 0.0124 e. The molecular formula is C13H25N. The first-order valence-electron chi connectivity index (χ1n) is 6.54. The standard InChI is InChI=1S/C13H25N/c1-3-14-13(11-5-4-6-11)12-8-7-10(2)9-12/h10-14H,3-9H2,1-2H3. The molecule has 3 atom stereocenters. The third-order valence-electron chi connectivity index (χ3n) is 4.34. The van der Waals surface area contributed by atoms with Gasteiger partial charge in [0.2, 0.25) is 0 Å². The lowest BCUT2D eigenvalue weighted by atomic mass is 9.74. The first-order chi connectivity index (χ1) is 6.81. The molecule has 14 heavy (non-hydrogen) atoms. The lowest BCUT2D eigenvalue weighted by Gasteiger charge is -2.38. The zero-order valence-corrected chi connectivity index (χ0v) is 9.76. The van der Waals surface area contributed by atoms with Crippen molar-refractivity contribution < 1.29 is 0 Å². The van der Waals surface area contributed by atoms with Gasteiger partial charge in [0.05, 0.1) is 0 Å². The van der Waals surface area contributed by atoms with Gasteiger partial charge in [0.25, 0.3) is 0 Å². The molecule has 1 heteroatoms. The monoisotopic (exact) mass is 195 g/mol. The topological polar surface area (TPSA) is 12.0 Å². The Morgan fingerprint density at radius 2 is 1.93 bits per heavy atom. The van der Waals surface area contributed by atoms with Crippen LogP contribution in [0.4, 0.5) is 0 Å². The zero-order chi connectivity index (χ0) is 9.97. The summed E-state index contributed by atoms with van der Waals surface area (Å²) < 4.78 is 0. The molecule has 2 rings (SSSR count). The summed E-state index contributed by atoms with van der Waals surface area (Å²) >= 11 is 0. The predicted molar refractivity (Wildman–Crippen MR) is 61.3 cm³/mol. The number of nitrogens with one attached hydrogen (secondary N) is 1. The lowest BCUT2D eigenvalue weighted by molar-refractivity contribution is 0.175. The maximum atomic E-state index is 3.75. The quantitative estimate of drug-likeness (QED) is 0.726. The van der Waals surface area contributed by atoms with E-state index in [1.807, 2.05) is 0 Å². The molecule has 2 fully saturated rings. The van der Waals surface area contributed by atoms with E-state index in [1.54, 1.807) is 0 Å². The van der Waals surface area contributed by atoms with Gasteiger partial charge in [-0.25, -0.2) is 0 Å². The van der Waals surface area contributed by atoms with Gasteiger partial charge in [-0.15, -0.1) is 0 Å². The van der Waals surface area contributed by atoms with Gasteiger partial charge in [-0.1, -0.05) is 26.7 Å². The van der Waals surface area contributed by atoms with Crippen LogP contribution in [-0.4, -0.2) is 12.6 Å². The van der Waals surface area contributed by atoms with Crippen molar-refractivity contribution in [3.63, 3.8) is 0 Å². The molecule has 82 valence electrons. The molecule has 0 spiro atoms. The van der Waals surface area contributed by atoms with E-state index in [0.717, 1.165) is 30.3 Å². The Labute approximate surface area is 88.7 Å². The molecule has 0 saturated heterocycles. The fraction of sp³-hybridized carbons (Fsp3) is 1.00. The summed E-state index contributed by atoms with van der Waals surface area (Å²) in [5.41, 5.74) is 0. The zero-order valence-electron chi connectivity index (χ0n) is 9.76. The molecule has 0 aromatic carbocycles. The largest absolute Gasteiger partial charge is 0.314 e. The molecule has 2 aliphatic carbocycles. The van der Waals surface area contributed by atoms with E-state index in [-0.39, 0.29) is 0 Å². The second-order valence-electron chi connectivity index (χ2n) is 5.45. The minimum Gasteiger partial charge on any atom is -0.314 e. The van der Waals surface area contributed by atoms with Crippen molar-refractivity contribution in [1.29, 1.82) is 0 Å². The Bertz CT molecular complexity index is 174. The van der Waals surface area contributed by atoms with Gasteiger partial charge < -0.3 is 5.32 Å². The minimum absolute atomic E-state index is 0.860. The first-order valence-corrected chi connectivity index (χ1v) is 6.54. The molecule has 2 aliphatic rings. The SMILES string of the molecule is CCNC(C1CCC1)C1CCC(C)C1. The third-order valence-corrected chi connectivity index (χ3v) is 4.34. The minimum atomic E-state index is 0.860. The molecule has 1 nitrogen and oxygen atoms in total. The summed E-state index contributed by atoms with van der Waals surface area (Å²) in [5, 5.41) is 3.75. The van der Waals surface area contributed by atoms with Crippen LogP contribution in [0.15, 0.2) is 0 Å². The Hall–Kier alpha value is -0.0400. The molecule has 0 aromatic heterocycles. The molecule has 0 radical (unpaired) electrons. The fourth-order valence-electron chi connectivity index (χ4n) is 3.33. The van der Waals surface area contributed by atoms with E-state index in [1.165, 1.54) is 38.5 Å². The van der Waals surface area contributed by atoms with Crippen molar-refractivity contribution >= 4 is 0 Å². The van der Waals surface area contributed by atoms with Crippen LogP contribution in [-0.2, 0) is 0 Å². The van der Waals surface area contributed by atoms with E-state index in [4.69, 9.17) is 0 Å². The van der Waals surface area contributed by atoms with Crippen LogP contribution in [0.2, 0.25) is 0 Å². The average molecular weight is 195 g/mol. The van der Waals surface area contributed by atoms with Crippen molar-refractivity contribution in [3.05, 3.63) is 0 Å². The summed E-state index contributed by atoms with van der Waals surface area (Å²) in [4.78, 5) is 0. The van der Waals surface area contributed by atoms with Gasteiger partial charge in [0, 0.05) is 6.04 Å². The number of hydrogen-bond donors (Lipinski definition) is 1. The Kier molecular flexibility index (Phi) is 3.48. The van der Waals surface area contributed by atoms with Gasteiger partial charge in [0.1, 0.15) is 0 Å². The molecular weight excluding hydrogens is 170 g/mol. The average Bonchev–Trinajstić information content (AvgIpc) is 2.48. The van der Waals surface area contributed by atoms with Crippen LogP contribution < -0.4 is 5.32 Å². The van der Waals surface area contributed by atoms with Crippen LogP contribution in [0, 0.1) is 17.8 Å². The highest BCUT2D eigenvalue weighted by Crippen LogP contribution is 2.40. The fourth-order valence-corrected chi connectivity index (χ4v) is 3.33. The Morgan fingerprint density at radius 3 is 2.36 bits per heavy atom. The van der Waals surface area contributed by atoms with Gasteiger partial charge in [0.15, 0.2) is 0 Å². The molecule has 0 aromatic rings. The van der Waals surface area contributed by atoms with E-state index < -0.39 is 0 Å². The normalized spacial score (nSPS) is 35.6. The van der Waals surface area contributed by atoms with Crippen molar-refractivity contribution in [2.75, 3.05) is 6.54 Å². The third kappa shape index (κ3) is 2.13. The second kappa shape index (κ2) is 4.65. The van der Waals surface area contributed by atoms with E-state index in [0.29, 0.717) is 0 Å². The Morgan fingerprint density at radius 1 is 1.14 bits per heavy atom. The van der Waals surface area contributed by atoms with Gasteiger partial charge in [-0.3, -0.25) is 0 Å². The summed E-state index contributed by atoms with van der Waals surface area (Å²) in [6, 6.07) is 0.860. The van der Waals surface area contributed by atoms with E-state index in [2.05, 4.69) is 19.2 Å². The molecule has 3 unspecified atom stereocenters. The highest BCUT2D eigenvalue weighted by atomic mass is 14.9. The van der Waals surface area contributed by atoms with Crippen LogP contribution in [0.3, 0.4) is 0 Å². The first kappa shape index (κ1) is 10.5. The Balaban J connectivity index is 1.88. The molecule has 2 saturated carbocycles. The van der Waals surface area contributed by atoms with Gasteiger partial charge >= 0.3 is 0 Å². The van der Waals surface area contributed by atoms with Crippen molar-refractivity contribution in [3.8, 4) is 0 Å². The molecule has 0 aliphatic heterocycles. The van der Waals surface area contributed by atoms with Crippen LogP contribution in [0.1, 0.15) is 52.4 Å². The maximum Gasteiger partial charge on any atom is 0.0124 e. The van der Waals surface area contributed by atoms with Gasteiger partial charge in [-0.2, -0.15) is 0 Å². The highest BCUT2D eigenvalue weighted by molar-refractivity contribution is 4.90. The summed E-state index contributed by atoms with van der Waals surface area (Å²) in [7, 11) is 0. The van der Waals surface area contributed by atoms with Crippen molar-refractivity contribution in [2.24, 2.45) is 17.8 Å². The number of rotatable bonds is 4. The predicted octanol–water partition coefficient (Wildman–Crippen LogP) is 3.20. The summed E-state index contributed by atoms with van der Waals surface area (Å²) in [5.74, 6) is 3.00. The highest BCUT2D eigenvalue weighted by Gasteiger charge is 2.35. The van der Waals surface area contributed by atoms with Gasteiger partial charge in [-0.05, 0) is 50.0 Å². The second-order valence-corrected chi connectivity index (χ2v) is 5.45. The summed E-state index contributed by atoms with van der Waals surface area (Å²) in [6.45, 7) is 5.83. The van der Waals surface area contributed by atoms with E-state index >= 15 is 0 Å². The lowest BCUT2D eigenvalue weighted by Crippen LogP contribution is -2.44. The van der Waals surface area contributed by atoms with Crippen LogP contribution >= 0.6 is 0 Å². The molecule has 0 bridgehead atoms. The summed E-state index contributed by atoms with van der Waals surface area (Å²) in [6.07, 6.45) is 8.89. The van der Waals surface area contributed by atoms with Crippen LogP contribution in [0.25, 0.3) is 0 Å². The van der Waals surface area contributed by atoms with E-state index in [9.17, 15) is 0 Å². The van der Waals surface area contributed by atoms with Crippen molar-refractivity contribution in [2.45, 2.75) is 58.4 Å².